The van der Waals surface area contributed by atoms with Gasteiger partial charge in [-0.3, -0.25) is 0 Å². The average Bonchev–Trinajstić information content (AvgIpc) is 2.37. The summed E-state index contributed by atoms with van der Waals surface area (Å²) in [4.78, 5) is 2.61. The SMILES string of the molecule is CC(C)N(B1CC=CC1)C(C)C. The summed E-state index contributed by atoms with van der Waals surface area (Å²) >= 11 is 0. The standard InChI is InChI=1S/C10H20BN/c1-9(2)12(10(3)4)11-7-5-6-8-11/h5-6,9-10H,7-8H2,1-4H3. The first-order valence-electron chi connectivity index (χ1n) is 5.05. The first-order chi connectivity index (χ1) is 5.63. The lowest BCUT2D eigenvalue weighted by atomic mass is 9.56. The van der Waals surface area contributed by atoms with Crippen molar-refractivity contribution in [3.63, 3.8) is 0 Å². The minimum atomic E-state index is 0.676. The lowest BCUT2D eigenvalue weighted by Crippen LogP contribution is -2.46. The molecule has 0 bridgehead atoms. The molecule has 1 aliphatic heterocycles. The zero-order valence-electron chi connectivity index (χ0n) is 8.75. The maximum absolute atomic E-state index is 2.61. The van der Waals surface area contributed by atoms with Crippen molar-refractivity contribution in [2.24, 2.45) is 0 Å². The van der Waals surface area contributed by atoms with Crippen molar-refractivity contribution in [3.05, 3.63) is 12.2 Å². The van der Waals surface area contributed by atoms with Gasteiger partial charge < -0.3 is 4.81 Å². The van der Waals surface area contributed by atoms with Crippen LogP contribution in [0.5, 0.6) is 0 Å². The summed E-state index contributed by atoms with van der Waals surface area (Å²) in [7, 11) is 0. The number of rotatable bonds is 3. The third-order valence-corrected chi connectivity index (χ3v) is 2.60. The van der Waals surface area contributed by atoms with Crippen LogP contribution in [-0.4, -0.2) is 23.7 Å². The van der Waals surface area contributed by atoms with Crippen LogP contribution in [0.3, 0.4) is 0 Å². The van der Waals surface area contributed by atoms with Gasteiger partial charge in [0.25, 0.3) is 0 Å². The third-order valence-electron chi connectivity index (χ3n) is 2.60. The van der Waals surface area contributed by atoms with Crippen LogP contribution in [0.15, 0.2) is 12.2 Å². The van der Waals surface area contributed by atoms with Crippen molar-refractivity contribution in [1.82, 2.24) is 4.81 Å². The predicted octanol–water partition coefficient (Wildman–Crippen LogP) is 2.67. The first-order valence-corrected chi connectivity index (χ1v) is 5.05. The Morgan fingerprint density at radius 1 is 1.00 bits per heavy atom. The lowest BCUT2D eigenvalue weighted by Gasteiger charge is -2.34. The highest BCUT2D eigenvalue weighted by molar-refractivity contribution is 6.58. The zero-order chi connectivity index (χ0) is 9.14. The Bertz CT molecular complexity index is 147. The molecule has 0 aliphatic carbocycles. The Kier molecular flexibility index (Phi) is 3.39. The van der Waals surface area contributed by atoms with Crippen LogP contribution in [0.4, 0.5) is 0 Å². The number of nitrogens with zero attached hydrogens (tertiary/aromatic N) is 1. The Hall–Kier alpha value is -0.235. The highest BCUT2D eigenvalue weighted by atomic mass is 15.1. The van der Waals surface area contributed by atoms with E-state index < -0.39 is 0 Å². The fourth-order valence-corrected chi connectivity index (χ4v) is 2.29. The molecule has 1 rings (SSSR count). The van der Waals surface area contributed by atoms with Crippen LogP contribution in [-0.2, 0) is 0 Å². The van der Waals surface area contributed by atoms with Crippen LogP contribution in [0, 0.1) is 0 Å². The maximum atomic E-state index is 2.61. The van der Waals surface area contributed by atoms with Crippen molar-refractivity contribution in [1.29, 1.82) is 0 Å². The van der Waals surface area contributed by atoms with Gasteiger partial charge in [-0.15, -0.1) is 0 Å². The molecular weight excluding hydrogens is 145 g/mol. The second-order valence-corrected chi connectivity index (χ2v) is 4.23. The topological polar surface area (TPSA) is 3.24 Å². The molecular formula is C10H20BN. The minimum Gasteiger partial charge on any atom is -0.337 e. The zero-order valence-corrected chi connectivity index (χ0v) is 8.75. The Balaban J connectivity index is 2.53. The monoisotopic (exact) mass is 165 g/mol. The number of allylic oxidation sites excluding steroid dienone is 2. The molecule has 0 aromatic rings. The van der Waals surface area contributed by atoms with E-state index in [1.165, 1.54) is 12.6 Å². The van der Waals surface area contributed by atoms with E-state index in [1.54, 1.807) is 0 Å². The summed E-state index contributed by atoms with van der Waals surface area (Å²) < 4.78 is 0. The van der Waals surface area contributed by atoms with E-state index in [9.17, 15) is 0 Å². The molecule has 0 N–H and O–H groups in total. The number of hydrogen-bond acceptors (Lipinski definition) is 1. The van der Waals surface area contributed by atoms with Crippen molar-refractivity contribution < 1.29 is 0 Å². The van der Waals surface area contributed by atoms with Crippen LogP contribution in [0.25, 0.3) is 0 Å². The van der Waals surface area contributed by atoms with E-state index in [2.05, 4.69) is 44.7 Å². The molecule has 0 aromatic carbocycles. The Morgan fingerprint density at radius 2 is 1.42 bits per heavy atom. The molecule has 1 nitrogen and oxygen atoms in total. The van der Waals surface area contributed by atoms with Crippen LogP contribution in [0.2, 0.25) is 12.6 Å². The van der Waals surface area contributed by atoms with Gasteiger partial charge in [0.05, 0.1) is 0 Å². The van der Waals surface area contributed by atoms with Gasteiger partial charge >= 0.3 is 0 Å². The fourth-order valence-electron chi connectivity index (χ4n) is 2.29. The van der Waals surface area contributed by atoms with Crippen molar-refractivity contribution >= 4 is 6.85 Å². The van der Waals surface area contributed by atoms with Crippen LogP contribution in [0.1, 0.15) is 27.7 Å². The van der Waals surface area contributed by atoms with Crippen molar-refractivity contribution in [2.75, 3.05) is 0 Å². The van der Waals surface area contributed by atoms with E-state index in [0.717, 1.165) is 6.85 Å². The summed E-state index contributed by atoms with van der Waals surface area (Å²) in [6, 6.07) is 1.35. The smallest absolute Gasteiger partial charge is 0.231 e. The Morgan fingerprint density at radius 3 is 1.75 bits per heavy atom. The molecule has 2 heteroatoms. The van der Waals surface area contributed by atoms with Gasteiger partial charge in [0, 0.05) is 0 Å². The molecule has 0 radical (unpaired) electrons. The molecule has 0 amide bonds. The van der Waals surface area contributed by atoms with Gasteiger partial charge in [-0.05, 0) is 24.7 Å². The van der Waals surface area contributed by atoms with E-state index >= 15 is 0 Å². The lowest BCUT2D eigenvalue weighted by molar-refractivity contribution is 0.303. The molecule has 0 spiro atoms. The van der Waals surface area contributed by atoms with Gasteiger partial charge in [-0.2, -0.15) is 0 Å². The van der Waals surface area contributed by atoms with Gasteiger partial charge in [-0.25, -0.2) is 0 Å². The van der Waals surface area contributed by atoms with Gasteiger partial charge in [0.1, 0.15) is 0 Å². The van der Waals surface area contributed by atoms with Gasteiger partial charge in [0.15, 0.2) is 0 Å². The second-order valence-electron chi connectivity index (χ2n) is 4.23. The third kappa shape index (κ3) is 2.13. The van der Waals surface area contributed by atoms with E-state index in [0.29, 0.717) is 12.1 Å². The maximum Gasteiger partial charge on any atom is 0.231 e. The first kappa shape index (κ1) is 9.85. The fraction of sp³-hybridized carbons (Fsp3) is 0.800. The summed E-state index contributed by atoms with van der Waals surface area (Å²) in [5.74, 6) is 0. The molecule has 0 aromatic heterocycles. The molecule has 0 atom stereocenters. The predicted molar refractivity (Wildman–Crippen MR) is 56.6 cm³/mol. The van der Waals surface area contributed by atoms with Gasteiger partial charge in [-0.1, -0.05) is 39.8 Å². The van der Waals surface area contributed by atoms with E-state index in [4.69, 9.17) is 0 Å². The Labute approximate surface area is 76.9 Å². The summed E-state index contributed by atoms with van der Waals surface area (Å²) in [5, 5.41) is 0. The second kappa shape index (κ2) is 4.13. The van der Waals surface area contributed by atoms with Crippen molar-refractivity contribution in [3.8, 4) is 0 Å². The van der Waals surface area contributed by atoms with Crippen molar-refractivity contribution in [2.45, 2.75) is 52.4 Å². The molecule has 0 saturated heterocycles. The largest absolute Gasteiger partial charge is 0.337 e. The molecule has 1 heterocycles. The van der Waals surface area contributed by atoms with Crippen LogP contribution < -0.4 is 0 Å². The normalized spacial score (nSPS) is 17.4. The molecule has 1 aliphatic rings. The number of hydrogen-bond donors (Lipinski definition) is 0. The van der Waals surface area contributed by atoms with Crippen LogP contribution >= 0.6 is 0 Å². The molecule has 0 saturated carbocycles. The minimum absolute atomic E-state index is 0.676. The molecule has 12 heavy (non-hydrogen) atoms. The van der Waals surface area contributed by atoms with E-state index in [-0.39, 0.29) is 0 Å². The highest BCUT2D eigenvalue weighted by Crippen LogP contribution is 2.19. The molecule has 0 fully saturated rings. The van der Waals surface area contributed by atoms with Gasteiger partial charge in [0.2, 0.25) is 6.85 Å². The highest BCUT2D eigenvalue weighted by Gasteiger charge is 2.27. The average molecular weight is 165 g/mol. The molecule has 68 valence electrons. The summed E-state index contributed by atoms with van der Waals surface area (Å²) in [6.45, 7) is 9.93. The quantitative estimate of drug-likeness (QED) is 0.459. The summed E-state index contributed by atoms with van der Waals surface area (Å²) in [6.07, 6.45) is 7.11. The van der Waals surface area contributed by atoms with E-state index in [1.807, 2.05) is 0 Å². The molecule has 0 unspecified atom stereocenters. The summed E-state index contributed by atoms with van der Waals surface area (Å²) in [5.41, 5.74) is 0.